The van der Waals surface area contributed by atoms with Gasteiger partial charge in [-0.25, -0.2) is 0 Å². The standard InChI is InChI=1S/3C18H39O4P.2Nd/c3*1-2-3-4-5-6-7-8-9-10-11-12-13-14-15-16-17-18-22-23(19,20)21;;/h3*2-18H2,1H3,(H2,19,20,21);;/q;;;2*+3/p-6. The zero-order valence-electron chi connectivity index (χ0n) is 46.3. The monoisotopic (exact) mass is 1330 g/mol. The Kier molecular flexibility index (Phi) is 78.6. The zero-order valence-corrected chi connectivity index (χ0v) is 55.4. The zero-order chi connectivity index (χ0) is 51.7. The molecule has 0 saturated carbocycles. The van der Waals surface area contributed by atoms with E-state index in [-0.39, 0.29) is 101 Å². The summed E-state index contributed by atoms with van der Waals surface area (Å²) < 4.78 is 43.3. The van der Waals surface area contributed by atoms with E-state index in [0.29, 0.717) is 19.3 Å². The average molecular weight is 1330 g/mol. The average Bonchev–Trinajstić information content (AvgIpc) is 3.29. The van der Waals surface area contributed by atoms with Crippen LogP contribution in [0.15, 0.2) is 0 Å². The minimum atomic E-state index is -4.76. The Morgan fingerprint density at radius 1 is 0.211 bits per heavy atom. The van der Waals surface area contributed by atoms with E-state index in [2.05, 4.69) is 34.3 Å². The Bertz CT molecular complexity index is 981. The Morgan fingerprint density at radius 2 is 0.310 bits per heavy atom. The third-order valence-electron chi connectivity index (χ3n) is 12.7. The van der Waals surface area contributed by atoms with Crippen molar-refractivity contribution >= 4 is 23.5 Å². The number of rotatable bonds is 54. The molecule has 0 spiro atoms. The van der Waals surface area contributed by atoms with E-state index in [1.807, 2.05) is 0 Å². The van der Waals surface area contributed by atoms with Gasteiger partial charge in [-0.15, -0.1) is 0 Å². The van der Waals surface area contributed by atoms with Crippen molar-refractivity contribution in [1.82, 2.24) is 0 Å². The van der Waals surface area contributed by atoms with Crippen LogP contribution in [0.2, 0.25) is 0 Å². The fourth-order valence-electron chi connectivity index (χ4n) is 8.48. The molecule has 0 aliphatic carbocycles. The van der Waals surface area contributed by atoms with Crippen molar-refractivity contribution in [2.24, 2.45) is 0 Å². The molecule has 0 bridgehead atoms. The molecule has 2 radical (unpaired) electrons. The molecule has 0 N–H and O–H groups in total. The Morgan fingerprint density at radius 3 is 0.408 bits per heavy atom. The van der Waals surface area contributed by atoms with Crippen LogP contribution in [-0.2, 0) is 27.3 Å². The molecule has 0 rings (SSSR count). The maximum Gasteiger partial charge on any atom is 3.00 e. The van der Waals surface area contributed by atoms with E-state index in [4.69, 9.17) is 0 Å². The maximum atomic E-state index is 10.2. The first-order valence-electron chi connectivity index (χ1n) is 29.2. The largest absolute Gasteiger partial charge is 3.00 e. The molecule has 71 heavy (non-hydrogen) atoms. The smallest absolute Gasteiger partial charge is 0.790 e. The number of hydrogen-bond donors (Lipinski definition) is 0. The third-order valence-corrected chi connectivity index (χ3v) is 14.2. The van der Waals surface area contributed by atoms with Crippen molar-refractivity contribution in [1.29, 1.82) is 0 Å². The van der Waals surface area contributed by atoms with E-state index in [0.717, 1.165) is 38.5 Å². The molecule has 0 atom stereocenters. The van der Waals surface area contributed by atoms with Gasteiger partial charge in [-0.1, -0.05) is 310 Å². The summed E-state index contributed by atoms with van der Waals surface area (Å²) in [5.41, 5.74) is 0. The molecule has 0 aromatic heterocycles. The predicted octanol–water partition coefficient (Wildman–Crippen LogP) is 15.3. The van der Waals surface area contributed by atoms with E-state index < -0.39 is 23.5 Å². The molecule has 0 aliphatic rings. The first kappa shape index (κ1) is 82.9. The molecular formula is C54H111Nd2O12P3. The van der Waals surface area contributed by atoms with Crippen LogP contribution >= 0.6 is 23.5 Å². The van der Waals surface area contributed by atoms with E-state index in [9.17, 15) is 43.1 Å². The van der Waals surface area contributed by atoms with Crippen molar-refractivity contribution in [3.05, 3.63) is 0 Å². The molecule has 0 unspecified atom stereocenters. The SMILES string of the molecule is CCCCCCCCCCCCCCCCCCOP(=O)([O-])[O-].CCCCCCCCCCCCCCCCCCOP(=O)([O-])[O-].CCCCCCCCCCCCCCCCCCOP(=O)([O-])[O-].[Nd+3].[Nd+3]. The van der Waals surface area contributed by atoms with Crippen LogP contribution in [-0.4, -0.2) is 19.8 Å². The van der Waals surface area contributed by atoms with Gasteiger partial charge in [0.15, 0.2) is 0 Å². The summed E-state index contributed by atoms with van der Waals surface area (Å²) in [5.74, 6) is 0. The number of phosphoric ester groups is 3. The summed E-state index contributed by atoms with van der Waals surface area (Å²) in [4.78, 5) is 61.4. The van der Waals surface area contributed by atoms with Gasteiger partial charge in [0.05, 0.1) is 43.3 Å². The Hall–Kier alpha value is 3.03. The molecule has 17 heteroatoms. The van der Waals surface area contributed by atoms with Gasteiger partial charge in [0.2, 0.25) is 0 Å². The van der Waals surface area contributed by atoms with Crippen LogP contribution in [0.5, 0.6) is 0 Å². The fraction of sp³-hybridized carbons (Fsp3) is 1.00. The van der Waals surface area contributed by atoms with Gasteiger partial charge in [0.1, 0.15) is 0 Å². The van der Waals surface area contributed by atoms with Gasteiger partial charge in [0, 0.05) is 0 Å². The molecule has 0 aromatic rings. The molecule has 12 nitrogen and oxygen atoms in total. The molecule has 0 aliphatic heterocycles. The van der Waals surface area contributed by atoms with E-state index in [1.54, 1.807) is 0 Å². The van der Waals surface area contributed by atoms with Crippen LogP contribution < -0.4 is 29.4 Å². The minimum absolute atomic E-state index is 0. The Labute approximate surface area is 505 Å². The van der Waals surface area contributed by atoms with Crippen LogP contribution in [0.3, 0.4) is 0 Å². The minimum Gasteiger partial charge on any atom is -0.790 e. The maximum absolute atomic E-state index is 10.2. The second kappa shape index (κ2) is 67.3. The van der Waals surface area contributed by atoms with E-state index in [1.165, 1.54) is 250 Å². The summed E-state index contributed by atoms with van der Waals surface area (Å²) in [6, 6.07) is 0. The van der Waals surface area contributed by atoms with Crippen LogP contribution in [0.1, 0.15) is 329 Å². The van der Waals surface area contributed by atoms with Crippen molar-refractivity contribution in [3.63, 3.8) is 0 Å². The van der Waals surface area contributed by atoms with Gasteiger partial charge < -0.3 is 56.6 Å². The topological polar surface area (TPSA) is 217 Å². The quantitative estimate of drug-likeness (QED) is 0.0410. The Balaban J connectivity index is -0.000000302. The van der Waals surface area contributed by atoms with E-state index >= 15 is 0 Å². The summed E-state index contributed by atoms with van der Waals surface area (Å²) in [7, 11) is -14.3. The van der Waals surface area contributed by atoms with Crippen molar-refractivity contribution in [3.8, 4) is 0 Å². The van der Waals surface area contributed by atoms with Crippen molar-refractivity contribution in [2.45, 2.75) is 329 Å². The second-order valence-corrected chi connectivity index (χ2v) is 23.2. The van der Waals surface area contributed by atoms with Crippen LogP contribution in [0.25, 0.3) is 0 Å². The van der Waals surface area contributed by atoms with Gasteiger partial charge in [0.25, 0.3) is 0 Å². The second-order valence-electron chi connectivity index (χ2n) is 19.8. The molecule has 0 amide bonds. The molecule has 0 fully saturated rings. The number of phosphoric acid groups is 3. The summed E-state index contributed by atoms with van der Waals surface area (Å²) in [5, 5.41) is 0. The normalized spacial score (nSPS) is 11.6. The molecule has 0 heterocycles. The van der Waals surface area contributed by atoms with Gasteiger partial charge in [-0.05, 0) is 19.3 Å². The number of hydrogen-bond acceptors (Lipinski definition) is 12. The summed E-state index contributed by atoms with van der Waals surface area (Å²) in [6.45, 7) is 6.91. The predicted molar refractivity (Wildman–Crippen MR) is 279 cm³/mol. The first-order chi connectivity index (χ1) is 33.2. The number of unbranched alkanes of at least 4 members (excludes halogenated alkanes) is 45. The molecule has 0 saturated heterocycles. The van der Waals surface area contributed by atoms with Gasteiger partial charge >= 0.3 is 81.7 Å². The van der Waals surface area contributed by atoms with Crippen molar-refractivity contribution < 1.29 is 138 Å². The third kappa shape index (κ3) is 92.7. The fourth-order valence-corrected chi connectivity index (χ4v) is 9.54. The summed E-state index contributed by atoms with van der Waals surface area (Å²) in [6.07, 6.45) is 61.0. The first-order valence-corrected chi connectivity index (χ1v) is 33.6. The van der Waals surface area contributed by atoms with Crippen molar-refractivity contribution in [2.75, 3.05) is 19.8 Å². The van der Waals surface area contributed by atoms with Gasteiger partial charge in [-0.2, -0.15) is 0 Å². The molecule has 0 aromatic carbocycles. The molecule has 422 valence electrons. The molecular weight excluding hydrogens is 1220 g/mol. The van der Waals surface area contributed by atoms with Crippen LogP contribution in [0.4, 0.5) is 0 Å². The summed E-state index contributed by atoms with van der Waals surface area (Å²) >= 11 is 0. The van der Waals surface area contributed by atoms with Crippen LogP contribution in [0, 0.1) is 81.7 Å². The van der Waals surface area contributed by atoms with Gasteiger partial charge in [-0.3, -0.25) is 0 Å².